The van der Waals surface area contributed by atoms with Crippen molar-refractivity contribution >= 4 is 15.9 Å². The van der Waals surface area contributed by atoms with E-state index in [1.54, 1.807) is 24.1 Å². The Labute approximate surface area is 173 Å². The van der Waals surface area contributed by atoms with Gasteiger partial charge in [0.15, 0.2) is 0 Å². The first-order chi connectivity index (χ1) is 13.9. The zero-order valence-corrected chi connectivity index (χ0v) is 17.8. The van der Waals surface area contributed by atoms with E-state index in [1.165, 1.54) is 16.4 Å². The molecule has 0 aromatic heterocycles. The van der Waals surface area contributed by atoms with Gasteiger partial charge in [-0.05, 0) is 61.7 Å². The van der Waals surface area contributed by atoms with Crippen molar-refractivity contribution in [2.24, 2.45) is 0 Å². The van der Waals surface area contributed by atoms with Gasteiger partial charge in [-0.15, -0.1) is 0 Å². The minimum Gasteiger partial charge on any atom is -0.492 e. The number of carbonyl (C=O) groups excluding carboxylic acids is 1. The van der Waals surface area contributed by atoms with Crippen molar-refractivity contribution in [1.82, 2.24) is 9.21 Å². The zero-order valence-electron chi connectivity index (χ0n) is 17.0. The second-order valence-corrected chi connectivity index (χ2v) is 9.32. The molecule has 1 aliphatic heterocycles. The van der Waals surface area contributed by atoms with Gasteiger partial charge in [-0.25, -0.2) is 8.42 Å². The average Bonchev–Trinajstić information content (AvgIpc) is 2.74. The van der Waals surface area contributed by atoms with Crippen LogP contribution in [-0.4, -0.2) is 56.8 Å². The fraction of sp³-hybridized carbons (Fsp3) is 0.409. The van der Waals surface area contributed by atoms with E-state index in [2.05, 4.69) is 0 Å². The Hall–Kier alpha value is -2.38. The maximum atomic E-state index is 12.7. The largest absolute Gasteiger partial charge is 0.492 e. The molecule has 3 rings (SSSR count). The van der Waals surface area contributed by atoms with Crippen LogP contribution in [0.4, 0.5) is 0 Å². The number of nitrogens with zero attached hydrogens (tertiary/aromatic N) is 2. The molecule has 1 saturated heterocycles. The molecule has 1 aliphatic rings. The molecule has 29 heavy (non-hydrogen) atoms. The van der Waals surface area contributed by atoms with Crippen molar-refractivity contribution < 1.29 is 17.9 Å². The predicted molar refractivity (Wildman–Crippen MR) is 113 cm³/mol. The maximum absolute atomic E-state index is 12.7. The summed E-state index contributed by atoms with van der Waals surface area (Å²) in [5.74, 6) is 0.609. The molecule has 0 N–H and O–H groups in total. The summed E-state index contributed by atoms with van der Waals surface area (Å²) < 4.78 is 32.7. The van der Waals surface area contributed by atoms with Gasteiger partial charge in [0.2, 0.25) is 10.0 Å². The SMILES string of the molecule is Cc1cccc(OCCN(C)C(=O)c2ccc(S(=O)(=O)N3CCCCC3)cc2)c1. The Morgan fingerprint density at radius 3 is 2.41 bits per heavy atom. The lowest BCUT2D eigenvalue weighted by Crippen LogP contribution is -2.35. The standard InChI is InChI=1S/C22H28N2O4S/c1-18-7-6-8-20(17-18)28-16-15-23(2)22(25)19-9-11-21(12-10-19)29(26,27)24-13-4-3-5-14-24/h6-12,17H,3-5,13-16H2,1-2H3. The molecule has 0 unspecified atom stereocenters. The number of piperidine rings is 1. The van der Waals surface area contributed by atoms with E-state index in [4.69, 9.17) is 4.74 Å². The molecule has 2 aromatic rings. The van der Waals surface area contributed by atoms with Gasteiger partial charge < -0.3 is 9.64 Å². The van der Waals surface area contributed by atoms with Crippen LogP contribution in [0.1, 0.15) is 35.2 Å². The molecule has 156 valence electrons. The van der Waals surface area contributed by atoms with Crippen molar-refractivity contribution in [1.29, 1.82) is 0 Å². The Kier molecular flexibility index (Phi) is 6.92. The van der Waals surface area contributed by atoms with E-state index in [0.29, 0.717) is 31.8 Å². The zero-order chi connectivity index (χ0) is 20.9. The molecule has 1 amide bonds. The van der Waals surface area contributed by atoms with Crippen molar-refractivity contribution in [3.05, 3.63) is 59.7 Å². The third-order valence-electron chi connectivity index (χ3n) is 5.09. The summed E-state index contributed by atoms with van der Waals surface area (Å²) in [6.07, 6.45) is 2.86. The number of sulfonamides is 1. The molecule has 0 radical (unpaired) electrons. The molecule has 1 heterocycles. The van der Waals surface area contributed by atoms with Crippen molar-refractivity contribution in [2.75, 3.05) is 33.3 Å². The highest BCUT2D eigenvalue weighted by Gasteiger charge is 2.26. The highest BCUT2D eigenvalue weighted by molar-refractivity contribution is 7.89. The summed E-state index contributed by atoms with van der Waals surface area (Å²) in [5, 5.41) is 0. The van der Waals surface area contributed by atoms with Crippen LogP contribution in [0.5, 0.6) is 5.75 Å². The van der Waals surface area contributed by atoms with E-state index in [0.717, 1.165) is 30.6 Å². The van der Waals surface area contributed by atoms with E-state index in [9.17, 15) is 13.2 Å². The molecule has 0 atom stereocenters. The number of likely N-dealkylation sites (N-methyl/N-ethyl adjacent to an activating group) is 1. The molecular weight excluding hydrogens is 388 g/mol. The van der Waals surface area contributed by atoms with Gasteiger partial charge in [0.25, 0.3) is 5.91 Å². The van der Waals surface area contributed by atoms with Gasteiger partial charge in [0.05, 0.1) is 11.4 Å². The fourth-order valence-electron chi connectivity index (χ4n) is 3.35. The maximum Gasteiger partial charge on any atom is 0.253 e. The second kappa shape index (κ2) is 9.41. The van der Waals surface area contributed by atoms with Crippen LogP contribution in [0.25, 0.3) is 0 Å². The van der Waals surface area contributed by atoms with Crippen LogP contribution in [0.15, 0.2) is 53.4 Å². The molecule has 2 aromatic carbocycles. The van der Waals surface area contributed by atoms with Crippen LogP contribution in [-0.2, 0) is 10.0 Å². The predicted octanol–water partition coefficient (Wildman–Crippen LogP) is 3.32. The quantitative estimate of drug-likeness (QED) is 0.694. The van der Waals surface area contributed by atoms with Gasteiger partial charge >= 0.3 is 0 Å². The van der Waals surface area contributed by atoms with Crippen molar-refractivity contribution in [3.8, 4) is 5.75 Å². The number of carbonyl (C=O) groups is 1. The second-order valence-electron chi connectivity index (χ2n) is 7.38. The number of hydrogen-bond acceptors (Lipinski definition) is 4. The highest BCUT2D eigenvalue weighted by Crippen LogP contribution is 2.21. The molecule has 6 nitrogen and oxygen atoms in total. The monoisotopic (exact) mass is 416 g/mol. The van der Waals surface area contributed by atoms with Crippen LogP contribution >= 0.6 is 0 Å². The summed E-state index contributed by atoms with van der Waals surface area (Å²) in [7, 11) is -1.78. The van der Waals surface area contributed by atoms with E-state index >= 15 is 0 Å². The first-order valence-corrected chi connectivity index (χ1v) is 11.4. The number of rotatable bonds is 7. The summed E-state index contributed by atoms with van der Waals surface area (Å²) in [5.41, 5.74) is 1.58. The number of ether oxygens (including phenoxy) is 1. The Balaban J connectivity index is 1.57. The van der Waals surface area contributed by atoms with Crippen LogP contribution in [0, 0.1) is 6.92 Å². The third kappa shape index (κ3) is 5.36. The fourth-order valence-corrected chi connectivity index (χ4v) is 4.87. The number of hydrogen-bond donors (Lipinski definition) is 0. The summed E-state index contributed by atoms with van der Waals surface area (Å²) in [6.45, 7) is 3.94. The highest BCUT2D eigenvalue weighted by atomic mass is 32.2. The van der Waals surface area contributed by atoms with Crippen LogP contribution in [0.3, 0.4) is 0 Å². The van der Waals surface area contributed by atoms with E-state index in [1.807, 2.05) is 31.2 Å². The Bertz CT molecular complexity index is 936. The normalized spacial score (nSPS) is 15.1. The lowest BCUT2D eigenvalue weighted by atomic mass is 10.2. The van der Waals surface area contributed by atoms with E-state index in [-0.39, 0.29) is 10.8 Å². The molecule has 7 heteroatoms. The van der Waals surface area contributed by atoms with Crippen LogP contribution < -0.4 is 4.74 Å². The summed E-state index contributed by atoms with van der Waals surface area (Å²) >= 11 is 0. The third-order valence-corrected chi connectivity index (χ3v) is 7.00. The van der Waals surface area contributed by atoms with Gasteiger partial charge in [0, 0.05) is 25.7 Å². The molecule has 1 fully saturated rings. The molecular formula is C22H28N2O4S. The lowest BCUT2D eigenvalue weighted by molar-refractivity contribution is 0.0773. The number of aryl methyl sites for hydroxylation is 1. The lowest BCUT2D eigenvalue weighted by Gasteiger charge is -2.26. The van der Waals surface area contributed by atoms with Crippen molar-refractivity contribution in [3.63, 3.8) is 0 Å². The van der Waals surface area contributed by atoms with Crippen LogP contribution in [0.2, 0.25) is 0 Å². The Morgan fingerprint density at radius 2 is 1.76 bits per heavy atom. The first-order valence-electron chi connectivity index (χ1n) is 9.93. The van der Waals surface area contributed by atoms with Crippen molar-refractivity contribution in [2.45, 2.75) is 31.1 Å². The Morgan fingerprint density at radius 1 is 1.07 bits per heavy atom. The van der Waals surface area contributed by atoms with E-state index < -0.39 is 10.0 Å². The minimum absolute atomic E-state index is 0.167. The number of amides is 1. The summed E-state index contributed by atoms with van der Waals surface area (Å²) in [4.78, 5) is 14.4. The molecule has 0 aliphatic carbocycles. The average molecular weight is 417 g/mol. The van der Waals surface area contributed by atoms with Gasteiger partial charge in [-0.3, -0.25) is 4.79 Å². The molecule has 0 saturated carbocycles. The first kappa shape index (κ1) is 21.3. The number of benzene rings is 2. The minimum atomic E-state index is -3.48. The van der Waals surface area contributed by atoms with Gasteiger partial charge in [0.1, 0.15) is 12.4 Å². The molecule has 0 bridgehead atoms. The van der Waals surface area contributed by atoms with Gasteiger partial charge in [-0.2, -0.15) is 4.31 Å². The summed E-state index contributed by atoms with van der Waals surface area (Å²) in [6, 6.07) is 14.0. The molecule has 0 spiro atoms. The topological polar surface area (TPSA) is 66.9 Å². The van der Waals surface area contributed by atoms with Gasteiger partial charge in [-0.1, -0.05) is 18.6 Å². The smallest absolute Gasteiger partial charge is 0.253 e.